The van der Waals surface area contributed by atoms with E-state index < -0.39 is 10.0 Å². The third-order valence-corrected chi connectivity index (χ3v) is 5.78. The first kappa shape index (κ1) is 14.9. The Bertz CT molecular complexity index is 493. The SMILES string of the molecule is O=S(=O)(CCc1ccccn1)NC1CCCC1CBr. The maximum atomic E-state index is 12.1. The van der Waals surface area contributed by atoms with Gasteiger partial charge < -0.3 is 0 Å². The van der Waals surface area contributed by atoms with E-state index in [1.54, 1.807) is 6.20 Å². The summed E-state index contributed by atoms with van der Waals surface area (Å²) in [5.41, 5.74) is 0.816. The Kier molecular flexibility index (Phi) is 5.36. The van der Waals surface area contributed by atoms with Crippen molar-refractivity contribution in [1.29, 1.82) is 0 Å². The smallest absolute Gasteiger partial charge is 0.212 e. The number of nitrogens with zero attached hydrogens (tertiary/aromatic N) is 1. The number of nitrogens with one attached hydrogen (secondary N) is 1. The molecule has 1 aliphatic carbocycles. The fraction of sp³-hybridized carbons (Fsp3) is 0.615. The maximum Gasteiger partial charge on any atom is 0.212 e. The van der Waals surface area contributed by atoms with E-state index in [1.165, 1.54) is 0 Å². The minimum Gasteiger partial charge on any atom is -0.261 e. The lowest BCUT2D eigenvalue weighted by atomic mass is 10.1. The molecule has 1 aliphatic rings. The largest absolute Gasteiger partial charge is 0.261 e. The van der Waals surface area contributed by atoms with E-state index in [4.69, 9.17) is 0 Å². The number of pyridine rings is 1. The molecule has 1 heterocycles. The van der Waals surface area contributed by atoms with Crippen LogP contribution in [0.4, 0.5) is 0 Å². The van der Waals surface area contributed by atoms with Gasteiger partial charge in [-0.05, 0) is 30.9 Å². The fourth-order valence-corrected chi connectivity index (χ4v) is 4.59. The average Bonchev–Trinajstić information content (AvgIpc) is 2.84. The van der Waals surface area contributed by atoms with Crippen LogP contribution in [0, 0.1) is 5.92 Å². The van der Waals surface area contributed by atoms with Crippen LogP contribution >= 0.6 is 15.9 Å². The first-order chi connectivity index (χ1) is 9.11. The van der Waals surface area contributed by atoms with Crippen molar-refractivity contribution in [2.45, 2.75) is 31.7 Å². The molecule has 0 aliphatic heterocycles. The van der Waals surface area contributed by atoms with Gasteiger partial charge in [0.05, 0.1) is 5.75 Å². The Labute approximate surface area is 123 Å². The summed E-state index contributed by atoms with van der Waals surface area (Å²) < 4.78 is 27.0. The average molecular weight is 347 g/mol. The van der Waals surface area contributed by atoms with Crippen molar-refractivity contribution in [2.24, 2.45) is 5.92 Å². The molecular weight excluding hydrogens is 328 g/mol. The molecule has 1 saturated carbocycles. The Hall–Kier alpha value is -0.460. The number of sulfonamides is 1. The Balaban J connectivity index is 1.88. The van der Waals surface area contributed by atoms with E-state index in [0.29, 0.717) is 12.3 Å². The molecule has 0 aromatic carbocycles. The van der Waals surface area contributed by atoms with Gasteiger partial charge >= 0.3 is 0 Å². The van der Waals surface area contributed by atoms with E-state index in [1.807, 2.05) is 18.2 Å². The van der Waals surface area contributed by atoms with Gasteiger partial charge in [-0.2, -0.15) is 0 Å². The van der Waals surface area contributed by atoms with E-state index >= 15 is 0 Å². The monoisotopic (exact) mass is 346 g/mol. The molecular formula is C13H19BrN2O2S. The van der Waals surface area contributed by atoms with Crippen LogP contribution in [0.1, 0.15) is 25.0 Å². The van der Waals surface area contributed by atoms with Gasteiger partial charge in [0.15, 0.2) is 0 Å². The van der Waals surface area contributed by atoms with Crippen LogP contribution in [0.2, 0.25) is 0 Å². The molecule has 1 fully saturated rings. The molecule has 0 spiro atoms. The zero-order chi connectivity index (χ0) is 13.7. The first-order valence-electron chi connectivity index (χ1n) is 6.56. The number of rotatable bonds is 6. The summed E-state index contributed by atoms with van der Waals surface area (Å²) in [6.45, 7) is 0. The summed E-state index contributed by atoms with van der Waals surface area (Å²) >= 11 is 3.46. The van der Waals surface area contributed by atoms with Gasteiger partial charge in [0.2, 0.25) is 10.0 Å². The Morgan fingerprint density at radius 3 is 2.89 bits per heavy atom. The molecule has 6 heteroatoms. The summed E-state index contributed by atoms with van der Waals surface area (Å²) in [5.74, 6) is 0.528. The molecule has 2 unspecified atom stereocenters. The molecule has 1 aromatic rings. The van der Waals surface area contributed by atoms with Crippen molar-refractivity contribution >= 4 is 26.0 Å². The predicted molar refractivity (Wildman–Crippen MR) is 79.8 cm³/mol. The highest BCUT2D eigenvalue weighted by Crippen LogP contribution is 2.27. The van der Waals surface area contributed by atoms with Crippen molar-refractivity contribution in [3.05, 3.63) is 30.1 Å². The standard InChI is InChI=1S/C13H19BrN2O2S/c14-10-11-4-3-6-13(11)16-19(17,18)9-7-12-5-1-2-8-15-12/h1-2,5,8,11,13,16H,3-4,6-7,9-10H2. The summed E-state index contributed by atoms with van der Waals surface area (Å²) in [5, 5.41) is 0.862. The van der Waals surface area contributed by atoms with E-state index in [2.05, 4.69) is 25.6 Å². The van der Waals surface area contributed by atoms with Crippen LogP contribution in [0.5, 0.6) is 0 Å². The van der Waals surface area contributed by atoms with Crippen molar-refractivity contribution < 1.29 is 8.42 Å². The third-order valence-electron chi connectivity index (χ3n) is 3.54. The first-order valence-corrected chi connectivity index (χ1v) is 9.34. The topological polar surface area (TPSA) is 59.1 Å². The van der Waals surface area contributed by atoms with Gasteiger partial charge in [0.1, 0.15) is 0 Å². The maximum absolute atomic E-state index is 12.1. The van der Waals surface area contributed by atoms with Gasteiger partial charge in [0.25, 0.3) is 0 Å². The Morgan fingerprint density at radius 2 is 2.21 bits per heavy atom. The van der Waals surface area contributed by atoms with Crippen molar-refractivity contribution in [2.75, 3.05) is 11.1 Å². The second kappa shape index (κ2) is 6.81. The van der Waals surface area contributed by atoms with E-state index in [0.717, 1.165) is 30.3 Å². The van der Waals surface area contributed by atoms with E-state index in [-0.39, 0.29) is 11.8 Å². The van der Waals surface area contributed by atoms with Gasteiger partial charge in [-0.25, -0.2) is 13.1 Å². The second-order valence-electron chi connectivity index (χ2n) is 4.96. The molecule has 0 amide bonds. The molecule has 1 N–H and O–H groups in total. The quantitative estimate of drug-likeness (QED) is 0.802. The predicted octanol–water partition coefficient (Wildman–Crippen LogP) is 2.11. The van der Waals surface area contributed by atoms with Crippen molar-refractivity contribution in [3.63, 3.8) is 0 Å². The molecule has 2 atom stereocenters. The van der Waals surface area contributed by atoms with Gasteiger partial charge in [0, 0.05) is 29.7 Å². The number of aromatic nitrogens is 1. The summed E-state index contributed by atoms with van der Waals surface area (Å²) in [4.78, 5) is 4.15. The van der Waals surface area contributed by atoms with Crippen LogP contribution < -0.4 is 4.72 Å². The number of hydrogen-bond donors (Lipinski definition) is 1. The van der Waals surface area contributed by atoms with Crippen LogP contribution in [-0.2, 0) is 16.4 Å². The highest BCUT2D eigenvalue weighted by Gasteiger charge is 2.29. The molecule has 4 nitrogen and oxygen atoms in total. The molecule has 106 valence electrons. The van der Waals surface area contributed by atoms with Gasteiger partial charge in [-0.15, -0.1) is 0 Å². The lowest BCUT2D eigenvalue weighted by Crippen LogP contribution is -2.39. The van der Waals surface area contributed by atoms with Crippen LogP contribution in [0.25, 0.3) is 0 Å². The molecule has 0 saturated heterocycles. The van der Waals surface area contributed by atoms with Gasteiger partial charge in [-0.3, -0.25) is 4.98 Å². The third kappa shape index (κ3) is 4.54. The molecule has 19 heavy (non-hydrogen) atoms. The second-order valence-corrected chi connectivity index (χ2v) is 7.48. The highest BCUT2D eigenvalue weighted by molar-refractivity contribution is 9.09. The minimum atomic E-state index is -3.22. The van der Waals surface area contributed by atoms with E-state index in [9.17, 15) is 8.42 Å². The zero-order valence-electron chi connectivity index (χ0n) is 10.8. The lowest BCUT2D eigenvalue weighted by Gasteiger charge is -2.18. The zero-order valence-corrected chi connectivity index (χ0v) is 13.2. The van der Waals surface area contributed by atoms with Gasteiger partial charge in [-0.1, -0.05) is 28.4 Å². The van der Waals surface area contributed by atoms with Crippen LogP contribution in [0.3, 0.4) is 0 Å². The lowest BCUT2D eigenvalue weighted by molar-refractivity contribution is 0.484. The van der Waals surface area contributed by atoms with Crippen LogP contribution in [0.15, 0.2) is 24.4 Å². The highest BCUT2D eigenvalue weighted by atomic mass is 79.9. The summed E-state index contributed by atoms with van der Waals surface area (Å²) in [6, 6.07) is 5.65. The normalized spacial score (nSPS) is 23.6. The minimum absolute atomic E-state index is 0.0908. The van der Waals surface area contributed by atoms with Crippen LogP contribution in [-0.4, -0.2) is 30.5 Å². The molecule has 0 radical (unpaired) electrons. The molecule has 0 bridgehead atoms. The number of halogens is 1. The number of alkyl halides is 1. The fourth-order valence-electron chi connectivity index (χ4n) is 2.45. The molecule has 2 rings (SSSR count). The number of aryl methyl sites for hydroxylation is 1. The Morgan fingerprint density at radius 1 is 1.37 bits per heavy atom. The summed E-state index contributed by atoms with van der Waals surface area (Å²) in [7, 11) is -3.22. The van der Waals surface area contributed by atoms with Crippen molar-refractivity contribution in [1.82, 2.24) is 9.71 Å². The van der Waals surface area contributed by atoms with Crippen molar-refractivity contribution in [3.8, 4) is 0 Å². The number of hydrogen-bond acceptors (Lipinski definition) is 3. The molecule has 1 aromatic heterocycles. The summed E-state index contributed by atoms with van der Waals surface area (Å²) in [6.07, 6.45) is 5.29.